The number of amides is 2. The minimum atomic E-state index is -0.429. The van der Waals surface area contributed by atoms with Gasteiger partial charge in [0.15, 0.2) is 0 Å². The van der Waals surface area contributed by atoms with Crippen LogP contribution in [0.4, 0.5) is 4.39 Å². The van der Waals surface area contributed by atoms with Gasteiger partial charge in [0.1, 0.15) is 5.82 Å². The Hall–Kier alpha value is -1.47. The molecule has 120 valence electrons. The summed E-state index contributed by atoms with van der Waals surface area (Å²) in [6, 6.07) is 4.09. The van der Waals surface area contributed by atoms with E-state index in [1.165, 1.54) is 18.2 Å². The highest BCUT2D eigenvalue weighted by molar-refractivity contribution is 9.10. The van der Waals surface area contributed by atoms with Crippen LogP contribution in [0.15, 0.2) is 22.7 Å². The molecule has 22 heavy (non-hydrogen) atoms. The minimum absolute atomic E-state index is 0.00449. The Morgan fingerprint density at radius 1 is 1.27 bits per heavy atom. The Balaban J connectivity index is 1.92. The molecule has 0 saturated carbocycles. The van der Waals surface area contributed by atoms with E-state index in [-0.39, 0.29) is 11.8 Å². The summed E-state index contributed by atoms with van der Waals surface area (Å²) in [6.07, 6.45) is 0. The molecule has 2 amide bonds. The third-order valence-corrected chi connectivity index (χ3v) is 4.25. The van der Waals surface area contributed by atoms with E-state index in [2.05, 4.69) is 21.2 Å². The highest BCUT2D eigenvalue weighted by Gasteiger charge is 2.24. The number of piperazine rings is 1. The first-order valence-electron chi connectivity index (χ1n) is 7.24. The van der Waals surface area contributed by atoms with Crippen LogP contribution in [-0.4, -0.2) is 60.9 Å². The molecule has 1 aromatic rings. The summed E-state index contributed by atoms with van der Waals surface area (Å²) < 4.78 is 13.9. The van der Waals surface area contributed by atoms with E-state index in [4.69, 9.17) is 0 Å². The van der Waals surface area contributed by atoms with Crippen LogP contribution in [0.1, 0.15) is 17.3 Å². The zero-order valence-corrected chi connectivity index (χ0v) is 14.0. The monoisotopic (exact) mass is 371 g/mol. The molecular weight excluding hydrogens is 353 g/mol. The van der Waals surface area contributed by atoms with Gasteiger partial charge in [-0.25, -0.2) is 4.39 Å². The van der Waals surface area contributed by atoms with Gasteiger partial charge in [0.25, 0.3) is 5.91 Å². The fraction of sp³-hybridized carbons (Fsp3) is 0.467. The van der Waals surface area contributed by atoms with Crippen LogP contribution in [0.2, 0.25) is 0 Å². The number of hydrogen-bond acceptors (Lipinski definition) is 3. The second kappa shape index (κ2) is 7.69. The van der Waals surface area contributed by atoms with Crippen molar-refractivity contribution in [3.8, 4) is 0 Å². The molecule has 1 aliphatic heterocycles. The average Bonchev–Trinajstić information content (AvgIpc) is 2.50. The van der Waals surface area contributed by atoms with Crippen molar-refractivity contribution in [3.05, 3.63) is 34.1 Å². The number of hydrogen-bond donors (Lipinski definition) is 1. The van der Waals surface area contributed by atoms with Crippen LogP contribution >= 0.6 is 15.9 Å². The zero-order valence-electron chi connectivity index (χ0n) is 12.4. The van der Waals surface area contributed by atoms with Gasteiger partial charge in [0.2, 0.25) is 5.91 Å². The van der Waals surface area contributed by atoms with Gasteiger partial charge < -0.3 is 10.2 Å². The molecule has 1 N–H and O–H groups in total. The predicted molar refractivity (Wildman–Crippen MR) is 85.1 cm³/mol. The molecule has 5 nitrogen and oxygen atoms in total. The quantitative estimate of drug-likeness (QED) is 0.871. The van der Waals surface area contributed by atoms with Crippen LogP contribution < -0.4 is 5.32 Å². The lowest BCUT2D eigenvalue weighted by atomic mass is 10.1. The second-order valence-corrected chi connectivity index (χ2v) is 6.00. The molecule has 1 heterocycles. The molecule has 0 spiro atoms. The molecule has 1 fully saturated rings. The van der Waals surface area contributed by atoms with E-state index < -0.39 is 5.82 Å². The van der Waals surface area contributed by atoms with E-state index in [1.54, 1.807) is 4.90 Å². The van der Waals surface area contributed by atoms with Crippen molar-refractivity contribution < 1.29 is 14.0 Å². The number of carbonyl (C=O) groups excluding carboxylic acids is 2. The summed E-state index contributed by atoms with van der Waals surface area (Å²) in [4.78, 5) is 27.7. The minimum Gasteiger partial charge on any atom is -0.355 e. The summed E-state index contributed by atoms with van der Waals surface area (Å²) >= 11 is 3.28. The summed E-state index contributed by atoms with van der Waals surface area (Å²) in [5.41, 5.74) is 0.331. The number of benzene rings is 1. The summed E-state index contributed by atoms with van der Waals surface area (Å²) in [5, 5.41) is 2.76. The van der Waals surface area contributed by atoms with Crippen molar-refractivity contribution in [1.82, 2.24) is 15.1 Å². The van der Waals surface area contributed by atoms with Crippen LogP contribution in [-0.2, 0) is 4.79 Å². The van der Waals surface area contributed by atoms with E-state index in [9.17, 15) is 14.0 Å². The first kappa shape index (κ1) is 16.9. The predicted octanol–water partition coefficient (Wildman–Crippen LogP) is 1.48. The van der Waals surface area contributed by atoms with E-state index >= 15 is 0 Å². The molecule has 1 aromatic carbocycles. The average molecular weight is 372 g/mol. The van der Waals surface area contributed by atoms with Gasteiger partial charge >= 0.3 is 0 Å². The number of rotatable bonds is 4. The smallest absolute Gasteiger partial charge is 0.255 e. The highest BCUT2D eigenvalue weighted by atomic mass is 79.9. The largest absolute Gasteiger partial charge is 0.355 e. The highest BCUT2D eigenvalue weighted by Crippen LogP contribution is 2.20. The van der Waals surface area contributed by atoms with Crippen LogP contribution in [0.3, 0.4) is 0 Å². The summed E-state index contributed by atoms with van der Waals surface area (Å²) in [7, 11) is 0. The number of nitrogens with one attached hydrogen (secondary N) is 1. The van der Waals surface area contributed by atoms with Crippen molar-refractivity contribution in [1.29, 1.82) is 0 Å². The summed E-state index contributed by atoms with van der Waals surface area (Å²) in [5.74, 6) is -0.624. The van der Waals surface area contributed by atoms with Gasteiger partial charge in [0, 0.05) is 37.2 Å². The molecule has 0 aromatic heterocycles. The van der Waals surface area contributed by atoms with Gasteiger partial charge in [-0.1, -0.05) is 0 Å². The van der Waals surface area contributed by atoms with Crippen molar-refractivity contribution in [3.63, 3.8) is 0 Å². The van der Waals surface area contributed by atoms with Crippen molar-refractivity contribution in [2.24, 2.45) is 0 Å². The second-order valence-electron chi connectivity index (χ2n) is 5.15. The lowest BCUT2D eigenvalue weighted by molar-refractivity contribution is -0.122. The lowest BCUT2D eigenvalue weighted by Crippen LogP contribution is -2.51. The van der Waals surface area contributed by atoms with Crippen LogP contribution in [0.25, 0.3) is 0 Å². The molecule has 0 unspecified atom stereocenters. The molecule has 1 aliphatic rings. The maximum atomic E-state index is 13.3. The molecular formula is C15H19BrFN3O2. The molecule has 0 aliphatic carbocycles. The Labute approximate surface area is 137 Å². The number of nitrogens with zero attached hydrogens (tertiary/aromatic N) is 2. The van der Waals surface area contributed by atoms with Gasteiger partial charge in [-0.2, -0.15) is 0 Å². The maximum absolute atomic E-state index is 13.3. The summed E-state index contributed by atoms with van der Waals surface area (Å²) in [6.45, 7) is 5.17. The van der Waals surface area contributed by atoms with Crippen molar-refractivity contribution in [2.75, 3.05) is 39.3 Å². The molecule has 2 rings (SSSR count). The fourth-order valence-electron chi connectivity index (χ4n) is 2.40. The third-order valence-electron chi connectivity index (χ3n) is 3.56. The fourth-order valence-corrected chi connectivity index (χ4v) is 2.81. The number of halogens is 2. The van der Waals surface area contributed by atoms with Gasteiger partial charge in [-0.15, -0.1) is 0 Å². The SMILES string of the molecule is CCNC(=O)CN1CCN(C(=O)c2cc(F)ccc2Br)CC1. The Morgan fingerprint density at radius 3 is 2.59 bits per heavy atom. The normalized spacial score (nSPS) is 15.7. The third kappa shape index (κ3) is 4.27. The number of likely N-dealkylation sites (N-methyl/N-ethyl adjacent to an activating group) is 1. The standard InChI is InChI=1S/C15H19BrFN3O2/c1-2-18-14(21)10-19-5-7-20(8-6-19)15(22)12-9-11(17)3-4-13(12)16/h3-4,9H,2,5-8,10H2,1H3,(H,18,21). The first-order chi connectivity index (χ1) is 10.5. The van der Waals surface area contributed by atoms with Crippen LogP contribution in [0.5, 0.6) is 0 Å². The first-order valence-corrected chi connectivity index (χ1v) is 8.04. The topological polar surface area (TPSA) is 52.7 Å². The van der Waals surface area contributed by atoms with Gasteiger partial charge in [0.05, 0.1) is 12.1 Å². The molecule has 0 bridgehead atoms. The van der Waals surface area contributed by atoms with E-state index in [0.717, 1.165) is 0 Å². The Morgan fingerprint density at radius 2 is 1.95 bits per heavy atom. The zero-order chi connectivity index (χ0) is 16.1. The lowest BCUT2D eigenvalue weighted by Gasteiger charge is -2.34. The van der Waals surface area contributed by atoms with Crippen LogP contribution in [0, 0.1) is 5.82 Å². The molecule has 1 saturated heterocycles. The Bertz CT molecular complexity index is 560. The molecule has 7 heteroatoms. The molecule has 0 atom stereocenters. The molecule has 0 radical (unpaired) electrons. The van der Waals surface area contributed by atoms with E-state index in [0.29, 0.717) is 49.3 Å². The van der Waals surface area contributed by atoms with Gasteiger partial charge in [-0.05, 0) is 41.1 Å². The van der Waals surface area contributed by atoms with Crippen molar-refractivity contribution in [2.45, 2.75) is 6.92 Å². The number of carbonyl (C=O) groups is 2. The van der Waals surface area contributed by atoms with E-state index in [1.807, 2.05) is 11.8 Å². The van der Waals surface area contributed by atoms with Crippen molar-refractivity contribution >= 4 is 27.7 Å². The Kier molecular flexibility index (Phi) is 5.90. The maximum Gasteiger partial charge on any atom is 0.255 e. The van der Waals surface area contributed by atoms with Gasteiger partial charge in [-0.3, -0.25) is 14.5 Å².